The van der Waals surface area contributed by atoms with E-state index in [1.54, 1.807) is 6.92 Å². The van der Waals surface area contributed by atoms with Gasteiger partial charge in [-0.3, -0.25) is 0 Å². The summed E-state index contributed by atoms with van der Waals surface area (Å²) in [5, 5.41) is 29.1. The molecule has 0 radical (unpaired) electrons. The standard InChI is InChI=1S/C2H6O.BH3O3.H3N/c1-2-3;2-1(3)4;/h3H,2H2,1H3;2-4H;1H3. The van der Waals surface area contributed by atoms with Crippen LogP contribution in [0.25, 0.3) is 0 Å². The molecular weight excluding hydrogens is 113 g/mol. The van der Waals surface area contributed by atoms with Crippen molar-refractivity contribution in [3.8, 4) is 0 Å². The molecule has 8 heavy (non-hydrogen) atoms. The van der Waals surface area contributed by atoms with E-state index >= 15 is 0 Å². The minimum atomic E-state index is -2.17. The monoisotopic (exact) mass is 125 g/mol. The van der Waals surface area contributed by atoms with Gasteiger partial charge in [-0.1, -0.05) is 0 Å². The topological polar surface area (TPSA) is 116 Å². The summed E-state index contributed by atoms with van der Waals surface area (Å²) in [6, 6.07) is 0. The van der Waals surface area contributed by atoms with Crippen molar-refractivity contribution >= 4 is 7.32 Å². The summed E-state index contributed by atoms with van der Waals surface area (Å²) in [5.74, 6) is 0. The molecule has 0 aliphatic heterocycles. The van der Waals surface area contributed by atoms with E-state index in [0.717, 1.165) is 0 Å². The van der Waals surface area contributed by atoms with Crippen LogP contribution >= 0.6 is 0 Å². The Morgan fingerprint density at radius 3 is 1.25 bits per heavy atom. The van der Waals surface area contributed by atoms with E-state index in [-0.39, 0.29) is 12.8 Å². The van der Waals surface area contributed by atoms with Crippen molar-refractivity contribution in [1.29, 1.82) is 0 Å². The highest BCUT2D eigenvalue weighted by Crippen LogP contribution is 1.40. The third kappa shape index (κ3) is 7610. The molecule has 0 aromatic heterocycles. The second-order valence-electron chi connectivity index (χ2n) is 0.663. The molecule has 0 atom stereocenters. The third-order valence-electron chi connectivity index (χ3n) is 0. The second-order valence-corrected chi connectivity index (χ2v) is 0.663. The quantitative estimate of drug-likeness (QED) is 0.242. The summed E-state index contributed by atoms with van der Waals surface area (Å²) in [5.41, 5.74) is 0. The Morgan fingerprint density at radius 1 is 1.25 bits per heavy atom. The van der Waals surface area contributed by atoms with E-state index in [1.807, 2.05) is 0 Å². The van der Waals surface area contributed by atoms with Gasteiger partial charge in [-0.15, -0.1) is 0 Å². The summed E-state index contributed by atoms with van der Waals surface area (Å²) in [6.07, 6.45) is 0. The number of rotatable bonds is 0. The highest BCUT2D eigenvalue weighted by molar-refractivity contribution is 6.30. The molecule has 0 bridgehead atoms. The van der Waals surface area contributed by atoms with Crippen LogP contribution in [0.3, 0.4) is 0 Å². The molecule has 0 unspecified atom stereocenters. The molecule has 0 aromatic rings. The van der Waals surface area contributed by atoms with Crippen molar-refractivity contribution in [2.24, 2.45) is 0 Å². The van der Waals surface area contributed by atoms with Crippen LogP contribution in [0.4, 0.5) is 0 Å². The summed E-state index contributed by atoms with van der Waals surface area (Å²) in [4.78, 5) is 0. The highest BCUT2D eigenvalue weighted by Gasteiger charge is 1.92. The van der Waals surface area contributed by atoms with Crippen LogP contribution in [0.15, 0.2) is 0 Å². The van der Waals surface area contributed by atoms with Crippen LogP contribution in [0.2, 0.25) is 0 Å². The molecule has 0 aliphatic carbocycles. The molecule has 0 spiro atoms. The maximum atomic E-state index is 7.57. The van der Waals surface area contributed by atoms with Crippen LogP contribution in [0.5, 0.6) is 0 Å². The summed E-state index contributed by atoms with van der Waals surface area (Å²) in [6.45, 7) is 1.93. The smallest absolute Gasteiger partial charge is 0.402 e. The lowest BCUT2D eigenvalue weighted by molar-refractivity contribution is 0.278. The lowest BCUT2D eigenvalue weighted by atomic mass is 10.3. The van der Waals surface area contributed by atoms with Gasteiger partial charge < -0.3 is 26.3 Å². The van der Waals surface area contributed by atoms with E-state index in [2.05, 4.69) is 0 Å². The van der Waals surface area contributed by atoms with Gasteiger partial charge in [0, 0.05) is 6.61 Å². The van der Waals surface area contributed by atoms with Crippen molar-refractivity contribution in [1.82, 2.24) is 6.15 Å². The van der Waals surface area contributed by atoms with Crippen molar-refractivity contribution < 1.29 is 20.2 Å². The first kappa shape index (κ1) is 15.7. The Bertz CT molecular complexity index is 25.2. The van der Waals surface area contributed by atoms with Gasteiger partial charge in [0.1, 0.15) is 0 Å². The van der Waals surface area contributed by atoms with Gasteiger partial charge in [-0.25, -0.2) is 0 Å². The number of hydrogen-bond donors (Lipinski definition) is 5. The Labute approximate surface area is 48.4 Å². The van der Waals surface area contributed by atoms with Crippen LogP contribution in [0, 0.1) is 0 Å². The van der Waals surface area contributed by atoms with Gasteiger partial charge in [0.25, 0.3) is 0 Å². The molecule has 0 fully saturated rings. The van der Waals surface area contributed by atoms with Gasteiger partial charge in [0.15, 0.2) is 0 Å². The molecule has 0 saturated heterocycles. The molecule has 0 amide bonds. The largest absolute Gasteiger partial charge is 0.631 e. The Morgan fingerprint density at radius 2 is 1.25 bits per heavy atom. The Balaban J connectivity index is -0.0000000575. The summed E-state index contributed by atoms with van der Waals surface area (Å²) >= 11 is 0. The first-order valence-corrected chi connectivity index (χ1v) is 1.80. The van der Waals surface area contributed by atoms with Crippen LogP contribution in [-0.4, -0.2) is 34.1 Å². The van der Waals surface area contributed by atoms with Gasteiger partial charge in [-0.2, -0.15) is 0 Å². The maximum Gasteiger partial charge on any atom is 0.631 e. The van der Waals surface area contributed by atoms with E-state index in [1.165, 1.54) is 0 Å². The van der Waals surface area contributed by atoms with Gasteiger partial charge in [-0.05, 0) is 6.92 Å². The zero-order valence-corrected chi connectivity index (χ0v) is 4.78. The molecule has 6 heteroatoms. The van der Waals surface area contributed by atoms with Gasteiger partial charge in [0.05, 0.1) is 0 Å². The SMILES string of the molecule is CCO.N.OB(O)O. The molecule has 52 valence electrons. The van der Waals surface area contributed by atoms with Crippen LogP contribution in [-0.2, 0) is 0 Å². The average molecular weight is 125 g/mol. The van der Waals surface area contributed by atoms with Crippen LogP contribution in [0.1, 0.15) is 6.92 Å². The predicted octanol–water partition coefficient (Wildman–Crippen LogP) is -1.89. The number of aliphatic hydroxyl groups excluding tert-OH is 1. The van der Waals surface area contributed by atoms with E-state index < -0.39 is 7.32 Å². The van der Waals surface area contributed by atoms with Crippen molar-refractivity contribution in [3.05, 3.63) is 0 Å². The minimum Gasteiger partial charge on any atom is -0.402 e. The number of hydrogen-bond acceptors (Lipinski definition) is 5. The van der Waals surface area contributed by atoms with Gasteiger partial charge in [0.2, 0.25) is 0 Å². The zero-order chi connectivity index (χ0) is 6.28. The first-order chi connectivity index (χ1) is 3.15. The predicted molar refractivity (Wildman–Crippen MR) is 30.2 cm³/mol. The maximum absolute atomic E-state index is 7.57. The normalized spacial score (nSPS) is 5.62. The lowest BCUT2D eigenvalue weighted by Crippen LogP contribution is -2.07. The highest BCUT2D eigenvalue weighted by atomic mass is 16.5. The molecule has 0 rings (SSSR count). The molecule has 0 aliphatic rings. The van der Waals surface area contributed by atoms with Crippen LogP contribution < -0.4 is 6.15 Å². The number of aliphatic hydroxyl groups is 1. The average Bonchev–Trinajstić information content (AvgIpc) is 1.33. The summed E-state index contributed by atoms with van der Waals surface area (Å²) < 4.78 is 0. The first-order valence-electron chi connectivity index (χ1n) is 1.80. The fourth-order valence-corrected chi connectivity index (χ4v) is 0. The van der Waals surface area contributed by atoms with Gasteiger partial charge >= 0.3 is 7.32 Å². The minimum absolute atomic E-state index is 0. The molecule has 5 nitrogen and oxygen atoms in total. The van der Waals surface area contributed by atoms with E-state index in [0.29, 0.717) is 0 Å². The Kier molecular flexibility index (Phi) is 30.9. The molecule has 0 saturated carbocycles. The second kappa shape index (κ2) is 15.8. The van der Waals surface area contributed by atoms with Crippen molar-refractivity contribution in [2.45, 2.75) is 6.92 Å². The lowest BCUT2D eigenvalue weighted by Gasteiger charge is -1.69. The third-order valence-corrected chi connectivity index (χ3v) is 0. The zero-order valence-electron chi connectivity index (χ0n) is 4.78. The molecule has 0 aromatic carbocycles. The van der Waals surface area contributed by atoms with E-state index in [4.69, 9.17) is 20.2 Å². The summed E-state index contributed by atoms with van der Waals surface area (Å²) in [7, 11) is -2.17. The van der Waals surface area contributed by atoms with E-state index in [9.17, 15) is 0 Å². The molecule has 0 heterocycles. The van der Waals surface area contributed by atoms with Crippen molar-refractivity contribution in [3.63, 3.8) is 0 Å². The fraction of sp³-hybridized carbons (Fsp3) is 1.00. The molecule has 7 N–H and O–H groups in total. The fourth-order valence-electron chi connectivity index (χ4n) is 0. The van der Waals surface area contributed by atoms with Crippen molar-refractivity contribution in [2.75, 3.05) is 6.61 Å². The Hall–Kier alpha value is -0.135. The molecular formula is C2H12BNO4.